The van der Waals surface area contributed by atoms with Crippen molar-refractivity contribution < 1.29 is 4.74 Å². The molecule has 1 aromatic heterocycles. The van der Waals surface area contributed by atoms with Gasteiger partial charge in [-0.25, -0.2) is 0 Å². The quantitative estimate of drug-likeness (QED) is 0.893. The van der Waals surface area contributed by atoms with Crippen LogP contribution in [0.15, 0.2) is 42.7 Å². The van der Waals surface area contributed by atoms with Crippen LogP contribution >= 0.6 is 0 Å². The Kier molecular flexibility index (Phi) is 4.53. The number of hydrogen-bond donors (Lipinski definition) is 1. The smallest absolute Gasteiger partial charge is 0.137 e. The summed E-state index contributed by atoms with van der Waals surface area (Å²) in [5, 5.41) is 0. The molecule has 0 aliphatic carbocycles. The Morgan fingerprint density at radius 3 is 2.79 bits per heavy atom. The summed E-state index contributed by atoms with van der Waals surface area (Å²) in [6.45, 7) is 4.84. The van der Waals surface area contributed by atoms with Crippen molar-refractivity contribution in [3.05, 3.63) is 59.4 Å². The lowest BCUT2D eigenvalue weighted by Gasteiger charge is -2.14. The third-order valence-electron chi connectivity index (χ3n) is 2.97. The second kappa shape index (κ2) is 6.34. The SMILES string of the molecule is CCCOc1cncc(C(N)c2cccc(C)c2)c1. The van der Waals surface area contributed by atoms with Crippen molar-refractivity contribution in [2.75, 3.05) is 6.61 Å². The molecule has 0 aliphatic rings. The van der Waals surface area contributed by atoms with Crippen molar-refractivity contribution in [2.45, 2.75) is 26.3 Å². The molecular weight excluding hydrogens is 236 g/mol. The fourth-order valence-electron chi connectivity index (χ4n) is 1.96. The van der Waals surface area contributed by atoms with Crippen LogP contribution in [0, 0.1) is 6.92 Å². The topological polar surface area (TPSA) is 48.1 Å². The molecule has 2 N–H and O–H groups in total. The molecule has 0 fully saturated rings. The number of benzene rings is 1. The van der Waals surface area contributed by atoms with Crippen LogP contribution in [-0.2, 0) is 0 Å². The largest absolute Gasteiger partial charge is 0.492 e. The summed E-state index contributed by atoms with van der Waals surface area (Å²) in [5.41, 5.74) is 9.56. The van der Waals surface area contributed by atoms with Crippen molar-refractivity contribution >= 4 is 0 Å². The second-order valence-corrected chi connectivity index (χ2v) is 4.69. The fourth-order valence-corrected chi connectivity index (χ4v) is 1.96. The first kappa shape index (κ1) is 13.6. The number of nitrogens with two attached hydrogens (primary N) is 1. The van der Waals surface area contributed by atoms with E-state index >= 15 is 0 Å². The minimum atomic E-state index is -0.169. The zero-order valence-electron chi connectivity index (χ0n) is 11.5. The normalized spacial score (nSPS) is 12.2. The molecular formula is C16H20N2O. The highest BCUT2D eigenvalue weighted by molar-refractivity contribution is 5.35. The molecule has 2 rings (SSSR count). The molecule has 100 valence electrons. The van der Waals surface area contributed by atoms with E-state index in [0.717, 1.165) is 23.3 Å². The number of rotatable bonds is 5. The van der Waals surface area contributed by atoms with Crippen molar-refractivity contribution in [1.29, 1.82) is 0 Å². The van der Waals surface area contributed by atoms with Gasteiger partial charge in [0.1, 0.15) is 5.75 Å². The van der Waals surface area contributed by atoms with Gasteiger partial charge in [-0.1, -0.05) is 36.8 Å². The molecule has 0 bridgehead atoms. The van der Waals surface area contributed by atoms with E-state index in [2.05, 4.69) is 31.0 Å². The van der Waals surface area contributed by atoms with Gasteiger partial charge in [0.05, 0.1) is 18.8 Å². The number of hydrogen-bond acceptors (Lipinski definition) is 3. The van der Waals surface area contributed by atoms with Gasteiger partial charge in [-0.15, -0.1) is 0 Å². The van der Waals surface area contributed by atoms with Gasteiger partial charge in [0.25, 0.3) is 0 Å². The minimum Gasteiger partial charge on any atom is -0.492 e. The van der Waals surface area contributed by atoms with Crippen LogP contribution < -0.4 is 10.5 Å². The Hall–Kier alpha value is -1.87. The highest BCUT2D eigenvalue weighted by Crippen LogP contribution is 2.22. The Morgan fingerprint density at radius 1 is 1.21 bits per heavy atom. The predicted molar refractivity (Wildman–Crippen MR) is 77.2 cm³/mol. The Balaban J connectivity index is 2.21. The first-order valence-electron chi connectivity index (χ1n) is 6.60. The highest BCUT2D eigenvalue weighted by atomic mass is 16.5. The highest BCUT2D eigenvalue weighted by Gasteiger charge is 2.10. The summed E-state index contributed by atoms with van der Waals surface area (Å²) in [6, 6.07) is 10.0. The van der Waals surface area contributed by atoms with E-state index in [4.69, 9.17) is 10.5 Å². The van der Waals surface area contributed by atoms with E-state index in [9.17, 15) is 0 Å². The third-order valence-corrected chi connectivity index (χ3v) is 2.97. The lowest BCUT2D eigenvalue weighted by Crippen LogP contribution is -2.12. The van der Waals surface area contributed by atoms with E-state index in [1.54, 1.807) is 12.4 Å². The first-order valence-corrected chi connectivity index (χ1v) is 6.60. The molecule has 1 unspecified atom stereocenters. The van der Waals surface area contributed by atoms with Gasteiger partial charge in [-0.3, -0.25) is 4.98 Å². The molecule has 0 radical (unpaired) electrons. The molecule has 1 aromatic carbocycles. The Labute approximate surface area is 114 Å². The zero-order chi connectivity index (χ0) is 13.7. The predicted octanol–water partition coefficient (Wildman–Crippen LogP) is 3.23. The van der Waals surface area contributed by atoms with Crippen molar-refractivity contribution in [2.24, 2.45) is 5.73 Å². The molecule has 0 saturated carbocycles. The average molecular weight is 256 g/mol. The zero-order valence-corrected chi connectivity index (χ0v) is 11.5. The molecule has 3 heteroatoms. The van der Waals surface area contributed by atoms with Gasteiger partial charge in [0.2, 0.25) is 0 Å². The summed E-state index contributed by atoms with van der Waals surface area (Å²) >= 11 is 0. The number of pyridine rings is 1. The standard InChI is InChI=1S/C16H20N2O/c1-3-7-19-15-9-14(10-18-11-15)16(17)13-6-4-5-12(2)8-13/h4-6,8-11,16H,3,7,17H2,1-2H3. The van der Waals surface area contributed by atoms with Gasteiger partial charge < -0.3 is 10.5 Å². The van der Waals surface area contributed by atoms with Crippen LogP contribution in [0.5, 0.6) is 5.75 Å². The first-order chi connectivity index (χ1) is 9.20. The maximum absolute atomic E-state index is 6.29. The van der Waals surface area contributed by atoms with Crippen LogP contribution in [0.2, 0.25) is 0 Å². The van der Waals surface area contributed by atoms with Crippen LogP contribution in [-0.4, -0.2) is 11.6 Å². The van der Waals surface area contributed by atoms with Gasteiger partial charge in [-0.05, 0) is 30.5 Å². The summed E-state index contributed by atoms with van der Waals surface area (Å²) in [7, 11) is 0. The van der Waals surface area contributed by atoms with E-state index in [1.807, 2.05) is 18.2 Å². The molecule has 2 aromatic rings. The van der Waals surface area contributed by atoms with Gasteiger partial charge >= 0.3 is 0 Å². The lowest BCUT2D eigenvalue weighted by molar-refractivity contribution is 0.315. The third kappa shape index (κ3) is 3.55. The summed E-state index contributed by atoms with van der Waals surface area (Å²) in [5.74, 6) is 0.780. The molecule has 0 aliphatic heterocycles. The second-order valence-electron chi connectivity index (χ2n) is 4.69. The Morgan fingerprint density at radius 2 is 2.05 bits per heavy atom. The van der Waals surface area contributed by atoms with Gasteiger partial charge in [0.15, 0.2) is 0 Å². The maximum Gasteiger partial charge on any atom is 0.137 e. The fraction of sp³-hybridized carbons (Fsp3) is 0.312. The van der Waals surface area contributed by atoms with Crippen LogP contribution in [0.3, 0.4) is 0 Å². The molecule has 0 amide bonds. The van der Waals surface area contributed by atoms with E-state index in [-0.39, 0.29) is 6.04 Å². The summed E-state index contributed by atoms with van der Waals surface area (Å²) < 4.78 is 5.59. The molecule has 0 saturated heterocycles. The Bertz CT molecular complexity index is 540. The number of aryl methyl sites for hydroxylation is 1. The molecule has 0 spiro atoms. The summed E-state index contributed by atoms with van der Waals surface area (Å²) in [4.78, 5) is 4.20. The lowest BCUT2D eigenvalue weighted by atomic mass is 9.99. The van der Waals surface area contributed by atoms with Crippen LogP contribution in [0.4, 0.5) is 0 Å². The molecule has 1 atom stereocenters. The van der Waals surface area contributed by atoms with E-state index < -0.39 is 0 Å². The van der Waals surface area contributed by atoms with E-state index in [0.29, 0.717) is 6.61 Å². The minimum absolute atomic E-state index is 0.169. The molecule has 1 heterocycles. The molecule has 3 nitrogen and oxygen atoms in total. The summed E-state index contributed by atoms with van der Waals surface area (Å²) in [6.07, 6.45) is 4.50. The van der Waals surface area contributed by atoms with Crippen LogP contribution in [0.25, 0.3) is 0 Å². The number of aromatic nitrogens is 1. The average Bonchev–Trinajstić information content (AvgIpc) is 2.44. The van der Waals surface area contributed by atoms with E-state index in [1.165, 1.54) is 5.56 Å². The van der Waals surface area contributed by atoms with Crippen molar-refractivity contribution in [3.8, 4) is 5.75 Å². The van der Waals surface area contributed by atoms with Gasteiger partial charge in [-0.2, -0.15) is 0 Å². The maximum atomic E-state index is 6.29. The monoisotopic (exact) mass is 256 g/mol. The molecule has 19 heavy (non-hydrogen) atoms. The van der Waals surface area contributed by atoms with Crippen molar-refractivity contribution in [1.82, 2.24) is 4.98 Å². The van der Waals surface area contributed by atoms with Gasteiger partial charge in [0, 0.05) is 6.20 Å². The number of nitrogens with zero attached hydrogens (tertiary/aromatic N) is 1. The van der Waals surface area contributed by atoms with Crippen LogP contribution in [0.1, 0.15) is 36.1 Å². The number of ether oxygens (including phenoxy) is 1. The van der Waals surface area contributed by atoms with Crippen molar-refractivity contribution in [3.63, 3.8) is 0 Å².